The van der Waals surface area contributed by atoms with Gasteiger partial charge in [-0.3, -0.25) is 5.32 Å². The van der Waals surface area contributed by atoms with Crippen LogP contribution in [0, 0.1) is 6.92 Å². The second kappa shape index (κ2) is 6.13. The number of carbonyl (C=O) groups excluding carboxylic acids is 1. The summed E-state index contributed by atoms with van der Waals surface area (Å²) in [5.74, 6) is 0.428. The van der Waals surface area contributed by atoms with Crippen molar-refractivity contribution in [2.45, 2.75) is 6.92 Å². The largest absolute Gasteiger partial charge is 0.417 e. The van der Waals surface area contributed by atoms with Crippen LogP contribution in [0.5, 0.6) is 5.75 Å². The molecular formula is C17H15N3O2. The van der Waals surface area contributed by atoms with E-state index in [1.54, 1.807) is 16.8 Å². The quantitative estimate of drug-likeness (QED) is 0.799. The first kappa shape index (κ1) is 13.9. The Balaban J connectivity index is 1.74. The third-order valence-electron chi connectivity index (χ3n) is 3.19. The summed E-state index contributed by atoms with van der Waals surface area (Å²) in [6.07, 6.45) is 0.995. The molecule has 1 aromatic heterocycles. The van der Waals surface area contributed by atoms with E-state index in [-0.39, 0.29) is 0 Å². The summed E-state index contributed by atoms with van der Waals surface area (Å²) >= 11 is 0. The smallest absolute Gasteiger partial charge is 0.406 e. The van der Waals surface area contributed by atoms with Crippen LogP contribution in [0.1, 0.15) is 5.69 Å². The third-order valence-corrected chi connectivity index (χ3v) is 3.19. The third kappa shape index (κ3) is 2.98. The monoisotopic (exact) mass is 293 g/mol. The van der Waals surface area contributed by atoms with Gasteiger partial charge in [-0.2, -0.15) is 5.10 Å². The van der Waals surface area contributed by atoms with Gasteiger partial charge in [0.05, 0.1) is 17.6 Å². The van der Waals surface area contributed by atoms with E-state index < -0.39 is 6.09 Å². The van der Waals surface area contributed by atoms with Crippen molar-refractivity contribution in [1.29, 1.82) is 0 Å². The summed E-state index contributed by atoms with van der Waals surface area (Å²) < 4.78 is 7.05. The minimum atomic E-state index is -0.540. The van der Waals surface area contributed by atoms with Crippen LogP contribution in [0.2, 0.25) is 0 Å². The molecule has 0 spiro atoms. The summed E-state index contributed by atoms with van der Waals surface area (Å²) in [7, 11) is 0. The van der Waals surface area contributed by atoms with Crippen molar-refractivity contribution in [3.05, 3.63) is 72.6 Å². The van der Waals surface area contributed by atoms with Gasteiger partial charge in [0.2, 0.25) is 0 Å². The number of anilines is 1. The highest BCUT2D eigenvalue weighted by molar-refractivity contribution is 5.86. The number of rotatable bonds is 3. The molecule has 0 radical (unpaired) electrons. The maximum atomic E-state index is 11.9. The van der Waals surface area contributed by atoms with Gasteiger partial charge in [0.15, 0.2) is 5.75 Å². The van der Waals surface area contributed by atoms with Crippen LogP contribution in [0.3, 0.4) is 0 Å². The summed E-state index contributed by atoms with van der Waals surface area (Å²) in [5, 5.41) is 6.93. The van der Waals surface area contributed by atoms with Crippen molar-refractivity contribution in [2.75, 3.05) is 5.32 Å². The van der Waals surface area contributed by atoms with Crippen LogP contribution in [-0.4, -0.2) is 15.9 Å². The van der Waals surface area contributed by atoms with Crippen LogP contribution < -0.4 is 10.1 Å². The molecule has 0 atom stereocenters. The number of hydrogen-bond acceptors (Lipinski definition) is 3. The minimum Gasteiger partial charge on any atom is -0.406 e. The fraction of sp³-hybridized carbons (Fsp3) is 0.0588. The van der Waals surface area contributed by atoms with Gasteiger partial charge >= 0.3 is 6.09 Å². The zero-order valence-corrected chi connectivity index (χ0v) is 12.1. The lowest BCUT2D eigenvalue weighted by Gasteiger charge is -2.07. The second-order valence-corrected chi connectivity index (χ2v) is 4.72. The normalized spacial score (nSPS) is 10.2. The average molecular weight is 293 g/mol. The standard InChI is InChI=1S/C17H15N3O2/c1-13-16(12-18-20(13)15-10-6-3-7-11-15)22-17(21)19-14-8-4-2-5-9-14/h2-12H,1H3,(H,19,21). The highest BCUT2D eigenvalue weighted by atomic mass is 16.6. The number of nitrogens with one attached hydrogen (secondary N) is 1. The van der Waals surface area contributed by atoms with Crippen LogP contribution in [0.25, 0.3) is 5.69 Å². The number of carbonyl (C=O) groups is 1. The van der Waals surface area contributed by atoms with Gasteiger partial charge in [-0.15, -0.1) is 0 Å². The lowest BCUT2D eigenvalue weighted by molar-refractivity contribution is 0.215. The fourth-order valence-corrected chi connectivity index (χ4v) is 2.09. The van der Waals surface area contributed by atoms with E-state index in [2.05, 4.69) is 10.4 Å². The molecule has 0 saturated carbocycles. The number of benzene rings is 2. The zero-order valence-electron chi connectivity index (χ0n) is 12.1. The van der Waals surface area contributed by atoms with Gasteiger partial charge in [-0.25, -0.2) is 9.48 Å². The van der Waals surface area contributed by atoms with Crippen LogP contribution >= 0.6 is 0 Å². The van der Waals surface area contributed by atoms with Gasteiger partial charge in [0, 0.05) is 5.69 Å². The molecule has 0 aliphatic rings. The topological polar surface area (TPSA) is 56.1 Å². The summed E-state index contributed by atoms with van der Waals surface area (Å²) in [6, 6.07) is 18.8. The second-order valence-electron chi connectivity index (χ2n) is 4.72. The van der Waals surface area contributed by atoms with E-state index in [0.717, 1.165) is 11.4 Å². The van der Waals surface area contributed by atoms with E-state index in [0.29, 0.717) is 11.4 Å². The first-order chi connectivity index (χ1) is 10.7. The van der Waals surface area contributed by atoms with E-state index in [1.807, 2.05) is 55.5 Å². The minimum absolute atomic E-state index is 0.428. The molecule has 0 saturated heterocycles. The highest BCUT2D eigenvalue weighted by Gasteiger charge is 2.13. The van der Waals surface area contributed by atoms with Crippen molar-refractivity contribution in [2.24, 2.45) is 0 Å². The van der Waals surface area contributed by atoms with Gasteiger partial charge < -0.3 is 4.74 Å². The van der Waals surface area contributed by atoms with Crippen molar-refractivity contribution in [3.8, 4) is 11.4 Å². The Hall–Kier alpha value is -3.08. The van der Waals surface area contributed by atoms with E-state index >= 15 is 0 Å². The summed E-state index contributed by atoms with van der Waals surface area (Å²) in [5.41, 5.74) is 2.35. The predicted octanol–water partition coefficient (Wildman–Crippen LogP) is 3.79. The number of nitrogens with zero attached hydrogens (tertiary/aromatic N) is 2. The first-order valence-electron chi connectivity index (χ1n) is 6.88. The maximum absolute atomic E-state index is 11.9. The molecule has 3 aromatic rings. The molecule has 2 aromatic carbocycles. The lowest BCUT2D eigenvalue weighted by Crippen LogP contribution is -2.16. The molecule has 1 heterocycles. The van der Waals surface area contributed by atoms with Crippen molar-refractivity contribution >= 4 is 11.8 Å². The average Bonchev–Trinajstić information content (AvgIpc) is 2.90. The number of aromatic nitrogens is 2. The molecule has 5 heteroatoms. The molecule has 1 N–H and O–H groups in total. The number of ether oxygens (including phenoxy) is 1. The molecule has 0 fully saturated rings. The Bertz CT molecular complexity index is 767. The fourth-order valence-electron chi connectivity index (χ4n) is 2.09. The van der Waals surface area contributed by atoms with Gasteiger partial charge in [-0.05, 0) is 31.2 Å². The van der Waals surface area contributed by atoms with E-state index in [1.165, 1.54) is 6.20 Å². The Kier molecular flexibility index (Phi) is 3.87. The molecule has 0 aliphatic carbocycles. The molecule has 0 unspecified atom stereocenters. The number of hydrogen-bond donors (Lipinski definition) is 1. The predicted molar refractivity (Wildman–Crippen MR) is 84.4 cm³/mol. The summed E-state index contributed by atoms with van der Waals surface area (Å²) in [4.78, 5) is 11.9. The molecule has 0 aliphatic heterocycles. The number of para-hydroxylation sites is 2. The van der Waals surface area contributed by atoms with Crippen LogP contribution in [0.15, 0.2) is 66.9 Å². The molecule has 1 amide bonds. The van der Waals surface area contributed by atoms with Crippen molar-refractivity contribution < 1.29 is 9.53 Å². The van der Waals surface area contributed by atoms with Gasteiger partial charge in [0.1, 0.15) is 0 Å². The summed E-state index contributed by atoms with van der Waals surface area (Å²) in [6.45, 7) is 1.85. The Labute approximate surface area is 128 Å². The van der Waals surface area contributed by atoms with Gasteiger partial charge in [-0.1, -0.05) is 36.4 Å². The van der Waals surface area contributed by atoms with Crippen LogP contribution in [0.4, 0.5) is 10.5 Å². The molecule has 5 nitrogen and oxygen atoms in total. The molecule has 3 rings (SSSR count). The number of amides is 1. The Morgan fingerprint density at radius 3 is 2.36 bits per heavy atom. The highest BCUT2D eigenvalue weighted by Crippen LogP contribution is 2.21. The molecule has 0 bridgehead atoms. The molecular weight excluding hydrogens is 278 g/mol. The SMILES string of the molecule is Cc1c(OC(=O)Nc2ccccc2)cnn1-c1ccccc1. The molecule has 22 heavy (non-hydrogen) atoms. The zero-order chi connectivity index (χ0) is 15.4. The Morgan fingerprint density at radius 2 is 1.68 bits per heavy atom. The first-order valence-corrected chi connectivity index (χ1v) is 6.88. The Morgan fingerprint density at radius 1 is 1.05 bits per heavy atom. The van der Waals surface area contributed by atoms with Crippen LogP contribution in [-0.2, 0) is 0 Å². The molecule has 110 valence electrons. The van der Waals surface area contributed by atoms with E-state index in [4.69, 9.17) is 4.74 Å². The van der Waals surface area contributed by atoms with Crippen molar-refractivity contribution in [1.82, 2.24) is 9.78 Å². The maximum Gasteiger partial charge on any atom is 0.417 e. The van der Waals surface area contributed by atoms with E-state index in [9.17, 15) is 4.79 Å². The lowest BCUT2D eigenvalue weighted by atomic mass is 10.3. The van der Waals surface area contributed by atoms with Gasteiger partial charge in [0.25, 0.3) is 0 Å². The van der Waals surface area contributed by atoms with Crippen molar-refractivity contribution in [3.63, 3.8) is 0 Å².